The Morgan fingerprint density at radius 3 is 2.40 bits per heavy atom. The van der Waals surface area contributed by atoms with Crippen molar-refractivity contribution in [3.63, 3.8) is 0 Å². The topological polar surface area (TPSA) is 132 Å². The number of aliphatic hydroxyl groups excluding tert-OH is 1. The molecule has 0 aliphatic carbocycles. The second-order valence-corrected chi connectivity index (χ2v) is 9.50. The van der Waals surface area contributed by atoms with E-state index in [1.165, 1.54) is 24.3 Å². The van der Waals surface area contributed by atoms with E-state index in [4.69, 9.17) is 11.6 Å². The number of aromatic nitrogens is 6. The average molecular weight is 597 g/mol. The largest absolute Gasteiger partial charge is 0.416 e. The van der Waals surface area contributed by atoms with Crippen LogP contribution in [0.2, 0.25) is 5.02 Å². The number of carbonyl (C=O) groups is 1. The minimum Gasteiger partial charge on any atom is -0.382 e. The fourth-order valence-electron chi connectivity index (χ4n) is 3.92. The van der Waals surface area contributed by atoms with Gasteiger partial charge in [-0.15, -0.1) is 5.10 Å². The lowest BCUT2D eigenvalue weighted by molar-refractivity contribution is -0.207. The molecule has 0 saturated carbocycles. The van der Waals surface area contributed by atoms with Crippen LogP contribution in [0.5, 0.6) is 0 Å². The Hall–Kier alpha value is -3.60. The van der Waals surface area contributed by atoms with E-state index in [0.29, 0.717) is 16.0 Å². The number of rotatable bonds is 9. The predicted octanol–water partition coefficient (Wildman–Crippen LogP) is 2.57. The zero-order valence-electron chi connectivity index (χ0n) is 20.5. The van der Waals surface area contributed by atoms with Crippen LogP contribution >= 0.6 is 11.6 Å². The van der Waals surface area contributed by atoms with Gasteiger partial charge in [0.15, 0.2) is 17.8 Å². The van der Waals surface area contributed by atoms with Crippen molar-refractivity contribution in [2.45, 2.75) is 63.4 Å². The van der Waals surface area contributed by atoms with Crippen molar-refractivity contribution in [2.24, 2.45) is 0 Å². The van der Waals surface area contributed by atoms with E-state index in [2.05, 4.69) is 25.8 Å². The molecule has 1 aliphatic rings. The van der Waals surface area contributed by atoms with Gasteiger partial charge in [0.2, 0.25) is 11.9 Å². The zero-order valence-corrected chi connectivity index (χ0v) is 21.3. The van der Waals surface area contributed by atoms with E-state index >= 15 is 0 Å². The maximum Gasteiger partial charge on any atom is 0.416 e. The molecular weight excluding hydrogens is 574 g/mol. The first-order valence-corrected chi connectivity index (χ1v) is 12.3. The van der Waals surface area contributed by atoms with E-state index in [1.807, 2.05) is 0 Å². The van der Waals surface area contributed by atoms with Gasteiger partial charge in [-0.2, -0.15) is 36.4 Å². The molecule has 218 valence electrons. The van der Waals surface area contributed by atoms with Crippen LogP contribution in [0.3, 0.4) is 0 Å². The highest BCUT2D eigenvalue weighted by Gasteiger charge is 2.39. The highest BCUT2D eigenvalue weighted by molar-refractivity contribution is 6.30. The van der Waals surface area contributed by atoms with Gasteiger partial charge in [-0.25, -0.2) is 14.2 Å². The summed E-state index contributed by atoms with van der Waals surface area (Å²) >= 11 is 5.88. The summed E-state index contributed by atoms with van der Waals surface area (Å²) in [7, 11) is 0. The Balaban J connectivity index is 1.66. The summed E-state index contributed by atoms with van der Waals surface area (Å²) in [6.07, 6.45) is -13.0. The van der Waals surface area contributed by atoms with Crippen LogP contribution in [0.25, 0.3) is 11.4 Å². The van der Waals surface area contributed by atoms with Crippen LogP contribution in [0.15, 0.2) is 29.1 Å². The number of aliphatic hydroxyl groups is 1. The first-order valence-electron chi connectivity index (χ1n) is 11.9. The highest BCUT2D eigenvalue weighted by Crippen LogP contribution is 2.25. The number of benzene rings is 1. The lowest BCUT2D eigenvalue weighted by Crippen LogP contribution is -2.42. The van der Waals surface area contributed by atoms with E-state index in [-0.39, 0.29) is 48.1 Å². The van der Waals surface area contributed by atoms with Crippen molar-refractivity contribution in [1.29, 1.82) is 0 Å². The molecule has 18 heteroatoms. The number of halogens is 7. The molecule has 1 aromatic carbocycles. The van der Waals surface area contributed by atoms with Crippen LogP contribution in [0.1, 0.15) is 25.1 Å². The second-order valence-electron chi connectivity index (χ2n) is 9.06. The molecule has 1 amide bonds. The van der Waals surface area contributed by atoms with E-state index < -0.39 is 50.2 Å². The maximum absolute atomic E-state index is 13.1. The van der Waals surface area contributed by atoms with Crippen LogP contribution in [0, 0.1) is 0 Å². The summed E-state index contributed by atoms with van der Waals surface area (Å²) in [6, 6.07) is 5.35. The van der Waals surface area contributed by atoms with Crippen LogP contribution in [0.4, 0.5) is 32.3 Å². The zero-order chi connectivity index (χ0) is 29.2. The van der Waals surface area contributed by atoms with Crippen molar-refractivity contribution >= 4 is 23.5 Å². The van der Waals surface area contributed by atoms with E-state index in [1.54, 1.807) is 0 Å². The number of nitrogens with one attached hydrogen (secondary N) is 2. The summed E-state index contributed by atoms with van der Waals surface area (Å²) in [5.74, 6) is -0.564. The molecule has 1 saturated heterocycles. The quantitative estimate of drug-likeness (QED) is 0.324. The number of anilines is 1. The van der Waals surface area contributed by atoms with Crippen molar-refractivity contribution < 1.29 is 36.2 Å². The van der Waals surface area contributed by atoms with Crippen molar-refractivity contribution in [3.8, 4) is 11.4 Å². The Morgan fingerprint density at radius 2 is 1.80 bits per heavy atom. The van der Waals surface area contributed by atoms with Crippen LogP contribution in [-0.4, -0.2) is 71.2 Å². The molecule has 1 fully saturated rings. The number of hydrogen-bond acceptors (Lipinski definition) is 7. The van der Waals surface area contributed by atoms with Crippen molar-refractivity contribution in [1.82, 2.24) is 34.4 Å². The molecule has 0 radical (unpaired) electrons. The van der Waals surface area contributed by atoms with Gasteiger partial charge in [-0.05, 0) is 30.7 Å². The van der Waals surface area contributed by atoms with Gasteiger partial charge in [-0.3, -0.25) is 9.36 Å². The SMILES string of the molecule is O=C1CCC(Nc2nc(Cn3nc(-c4ccc(Cl)cc4)n(C[C@H](O)C(F)(F)F)c3=O)nn2CCC(F)(F)F)CN1. The highest BCUT2D eigenvalue weighted by atomic mass is 35.5. The molecule has 1 aliphatic heterocycles. The number of carbonyl (C=O) groups excluding carboxylic acids is 1. The lowest BCUT2D eigenvalue weighted by atomic mass is 10.1. The summed E-state index contributed by atoms with van der Waals surface area (Å²) in [4.78, 5) is 28.7. The number of aryl methyl sites for hydroxylation is 1. The molecule has 4 rings (SSSR count). The molecule has 40 heavy (non-hydrogen) atoms. The minimum absolute atomic E-state index is 0.0432. The van der Waals surface area contributed by atoms with Gasteiger partial charge in [-0.1, -0.05) is 11.6 Å². The van der Waals surface area contributed by atoms with Crippen LogP contribution < -0.4 is 16.3 Å². The molecule has 1 unspecified atom stereocenters. The third kappa shape index (κ3) is 7.32. The number of alkyl halides is 6. The Morgan fingerprint density at radius 1 is 1.10 bits per heavy atom. The van der Waals surface area contributed by atoms with Crippen molar-refractivity contribution in [3.05, 3.63) is 45.6 Å². The monoisotopic (exact) mass is 596 g/mol. The molecular formula is C22H23ClF6N8O3. The molecule has 11 nitrogen and oxygen atoms in total. The number of nitrogens with zero attached hydrogens (tertiary/aromatic N) is 6. The molecule has 3 N–H and O–H groups in total. The third-order valence-corrected chi connectivity index (χ3v) is 6.22. The van der Waals surface area contributed by atoms with E-state index in [9.17, 15) is 41.0 Å². The molecule has 0 bridgehead atoms. The first-order chi connectivity index (χ1) is 18.7. The lowest BCUT2D eigenvalue weighted by Gasteiger charge is -2.23. The summed E-state index contributed by atoms with van der Waals surface area (Å²) in [6.45, 7) is -2.05. The molecule has 3 heterocycles. The van der Waals surface area contributed by atoms with Gasteiger partial charge in [0.05, 0.1) is 19.5 Å². The van der Waals surface area contributed by atoms with Gasteiger partial charge in [0.1, 0.15) is 6.54 Å². The van der Waals surface area contributed by atoms with Gasteiger partial charge in [0, 0.05) is 29.6 Å². The minimum atomic E-state index is -5.02. The Bertz CT molecular complexity index is 1390. The normalized spacial score (nSPS) is 17.1. The Labute approximate surface area is 226 Å². The standard InChI is InChI=1S/C22H23ClF6N8O3/c23-13-3-1-12(2-4-13)18-34-37(20(40)35(18)10-15(38)22(27,28)29)11-16-32-19(31-14-5-6-17(39)30-9-14)36(33-16)8-7-21(24,25)26/h1-4,14-15,38H,5-11H2,(H,30,39)(H,31,32,33)/t14?,15-/m0/s1. The smallest absolute Gasteiger partial charge is 0.382 e. The Kier molecular flexibility index (Phi) is 8.44. The van der Waals surface area contributed by atoms with Crippen molar-refractivity contribution in [2.75, 3.05) is 11.9 Å². The van der Waals surface area contributed by atoms with Gasteiger partial charge >= 0.3 is 18.0 Å². The predicted molar refractivity (Wildman–Crippen MR) is 128 cm³/mol. The molecule has 3 aromatic rings. The molecule has 2 aromatic heterocycles. The summed E-state index contributed by atoms with van der Waals surface area (Å²) in [5.41, 5.74) is -0.815. The third-order valence-electron chi connectivity index (χ3n) is 5.97. The van der Waals surface area contributed by atoms with E-state index in [0.717, 1.165) is 9.36 Å². The summed E-state index contributed by atoms with van der Waals surface area (Å²) < 4.78 is 80.3. The average Bonchev–Trinajstić information content (AvgIpc) is 3.39. The summed E-state index contributed by atoms with van der Waals surface area (Å²) in [5, 5.41) is 23.7. The molecule has 0 spiro atoms. The number of amides is 1. The molecule has 2 atom stereocenters. The first kappa shape index (κ1) is 29.4. The maximum atomic E-state index is 13.1. The number of piperidine rings is 1. The fourth-order valence-corrected chi connectivity index (χ4v) is 4.05. The fraction of sp³-hybridized carbons (Fsp3) is 0.500. The van der Waals surface area contributed by atoms with Crippen LogP contribution in [-0.2, 0) is 24.4 Å². The van der Waals surface area contributed by atoms with Gasteiger partial charge < -0.3 is 15.7 Å². The van der Waals surface area contributed by atoms with Gasteiger partial charge in [0.25, 0.3) is 0 Å². The number of hydrogen-bond donors (Lipinski definition) is 3. The second kappa shape index (κ2) is 11.5.